The molecule has 0 spiro atoms. The van der Waals surface area contributed by atoms with Crippen molar-refractivity contribution in [2.75, 3.05) is 22.6 Å². The van der Waals surface area contributed by atoms with E-state index in [9.17, 15) is 9.59 Å². The van der Waals surface area contributed by atoms with Gasteiger partial charge in [-0.15, -0.1) is 11.8 Å². The van der Waals surface area contributed by atoms with E-state index < -0.39 is 0 Å². The summed E-state index contributed by atoms with van der Waals surface area (Å²) in [6.45, 7) is 2.48. The highest BCUT2D eigenvalue weighted by Crippen LogP contribution is 2.45. The van der Waals surface area contributed by atoms with E-state index in [2.05, 4.69) is 5.32 Å². The maximum atomic E-state index is 12.7. The van der Waals surface area contributed by atoms with Crippen molar-refractivity contribution in [3.63, 3.8) is 0 Å². The van der Waals surface area contributed by atoms with Gasteiger partial charge in [0.05, 0.1) is 18.0 Å². The zero-order valence-corrected chi connectivity index (χ0v) is 17.4. The largest absolute Gasteiger partial charge is 0.492 e. The molecule has 0 radical (unpaired) electrons. The monoisotopic (exact) mass is 410 g/mol. The van der Waals surface area contributed by atoms with Crippen LogP contribution in [0.3, 0.4) is 0 Å². The summed E-state index contributed by atoms with van der Waals surface area (Å²) in [4.78, 5) is 27.0. The number of nitrogens with one attached hydrogen (secondary N) is 1. The van der Waals surface area contributed by atoms with Gasteiger partial charge in [0.25, 0.3) is 0 Å². The predicted octanol–water partition coefficient (Wildman–Crippen LogP) is 4.99. The molecule has 5 nitrogen and oxygen atoms in total. The number of nitrogens with zero attached hydrogens (tertiary/aromatic N) is 1. The summed E-state index contributed by atoms with van der Waals surface area (Å²) in [6, 6.07) is 15.5. The van der Waals surface area contributed by atoms with Gasteiger partial charge in [0.2, 0.25) is 11.8 Å². The van der Waals surface area contributed by atoms with E-state index in [1.165, 1.54) is 0 Å². The van der Waals surface area contributed by atoms with Gasteiger partial charge in [0, 0.05) is 11.6 Å². The molecule has 1 N–H and O–H groups in total. The summed E-state index contributed by atoms with van der Waals surface area (Å²) < 4.78 is 5.76. The third-order valence-electron chi connectivity index (χ3n) is 5.46. The quantitative estimate of drug-likeness (QED) is 0.729. The first-order valence-electron chi connectivity index (χ1n) is 10.2. The number of amides is 2. The van der Waals surface area contributed by atoms with Crippen LogP contribution in [0, 0.1) is 5.92 Å². The van der Waals surface area contributed by atoms with Crippen molar-refractivity contribution in [2.45, 2.75) is 38.0 Å². The zero-order valence-electron chi connectivity index (χ0n) is 16.6. The molecular formula is C23H26N2O3S. The number of ether oxygens (including phenoxy) is 1. The van der Waals surface area contributed by atoms with Gasteiger partial charge < -0.3 is 10.1 Å². The van der Waals surface area contributed by atoms with E-state index >= 15 is 0 Å². The number of carbonyl (C=O) groups is 2. The second-order valence-corrected chi connectivity index (χ2v) is 8.49. The topological polar surface area (TPSA) is 58.6 Å². The van der Waals surface area contributed by atoms with Gasteiger partial charge in [-0.05, 0) is 49.6 Å². The van der Waals surface area contributed by atoms with Crippen LogP contribution in [0.1, 0.15) is 43.5 Å². The number of para-hydroxylation sites is 2. The number of hydrogen-bond acceptors (Lipinski definition) is 4. The lowest BCUT2D eigenvalue weighted by atomic mass is 10.1. The van der Waals surface area contributed by atoms with Crippen LogP contribution in [0.25, 0.3) is 0 Å². The Morgan fingerprint density at radius 3 is 2.76 bits per heavy atom. The maximum absolute atomic E-state index is 12.7. The van der Waals surface area contributed by atoms with E-state index in [4.69, 9.17) is 4.74 Å². The van der Waals surface area contributed by atoms with Gasteiger partial charge in [0.1, 0.15) is 11.1 Å². The van der Waals surface area contributed by atoms with E-state index in [1.807, 2.05) is 60.4 Å². The number of benzene rings is 2. The third-order valence-corrected chi connectivity index (χ3v) is 6.67. The Morgan fingerprint density at radius 1 is 1.17 bits per heavy atom. The van der Waals surface area contributed by atoms with E-state index in [-0.39, 0.29) is 23.1 Å². The first kappa shape index (κ1) is 19.8. The van der Waals surface area contributed by atoms with E-state index in [0.29, 0.717) is 18.1 Å². The standard InChI is InChI=1S/C23H26N2O3S/c1-2-28-20-13-6-5-12-19(20)25-21(26)15-29-23(25)17-10-7-11-18(14-17)24-22(27)16-8-3-4-9-16/h5-7,10-14,16,23H,2-4,8-9,15H2,1H3,(H,24,27)/t23-/m1/s1. The molecule has 152 valence electrons. The van der Waals surface area contributed by atoms with Crippen molar-refractivity contribution in [1.82, 2.24) is 0 Å². The minimum atomic E-state index is -0.146. The number of rotatable bonds is 6. The highest BCUT2D eigenvalue weighted by molar-refractivity contribution is 8.00. The Morgan fingerprint density at radius 2 is 1.97 bits per heavy atom. The summed E-state index contributed by atoms with van der Waals surface area (Å²) in [5.41, 5.74) is 2.57. The van der Waals surface area contributed by atoms with Gasteiger partial charge in [0.15, 0.2) is 0 Å². The first-order chi connectivity index (χ1) is 14.2. The summed E-state index contributed by atoms with van der Waals surface area (Å²) in [6.07, 6.45) is 4.21. The molecule has 1 heterocycles. The fraction of sp³-hybridized carbons (Fsp3) is 0.391. The van der Waals surface area contributed by atoms with Crippen molar-refractivity contribution in [3.05, 3.63) is 54.1 Å². The summed E-state index contributed by atoms with van der Waals surface area (Å²) in [5, 5.41) is 2.92. The minimum Gasteiger partial charge on any atom is -0.492 e. The van der Waals surface area contributed by atoms with Crippen LogP contribution in [0.5, 0.6) is 5.75 Å². The number of carbonyl (C=O) groups excluding carboxylic acids is 2. The number of hydrogen-bond donors (Lipinski definition) is 1. The molecule has 6 heteroatoms. The molecule has 2 aliphatic rings. The smallest absolute Gasteiger partial charge is 0.238 e. The van der Waals surface area contributed by atoms with Gasteiger partial charge in [-0.25, -0.2) is 0 Å². The van der Waals surface area contributed by atoms with Crippen LogP contribution >= 0.6 is 11.8 Å². The van der Waals surface area contributed by atoms with Crippen LogP contribution in [-0.2, 0) is 9.59 Å². The summed E-state index contributed by atoms with van der Waals surface area (Å²) >= 11 is 1.59. The SMILES string of the molecule is CCOc1ccccc1N1C(=O)CS[C@@H]1c1cccc(NC(=O)C2CCCC2)c1. The van der Waals surface area contributed by atoms with E-state index in [0.717, 1.165) is 42.6 Å². The molecule has 1 saturated heterocycles. The van der Waals surface area contributed by atoms with Crippen molar-refractivity contribution in [3.8, 4) is 5.75 Å². The molecule has 2 fully saturated rings. The number of thioether (sulfide) groups is 1. The predicted molar refractivity (Wildman–Crippen MR) is 117 cm³/mol. The van der Waals surface area contributed by atoms with Crippen LogP contribution in [-0.4, -0.2) is 24.2 Å². The van der Waals surface area contributed by atoms with Crippen molar-refractivity contribution < 1.29 is 14.3 Å². The fourth-order valence-electron chi connectivity index (χ4n) is 4.07. The molecule has 0 unspecified atom stereocenters. The Balaban J connectivity index is 1.58. The van der Waals surface area contributed by atoms with Gasteiger partial charge in [-0.1, -0.05) is 37.1 Å². The molecule has 29 heavy (non-hydrogen) atoms. The second-order valence-electron chi connectivity index (χ2n) is 7.42. The molecule has 1 atom stereocenters. The molecule has 2 amide bonds. The highest BCUT2D eigenvalue weighted by Gasteiger charge is 2.35. The Bertz CT molecular complexity index is 895. The zero-order chi connectivity index (χ0) is 20.2. The molecule has 2 aromatic rings. The second kappa shape index (κ2) is 8.91. The van der Waals surface area contributed by atoms with Gasteiger partial charge in [-0.2, -0.15) is 0 Å². The van der Waals surface area contributed by atoms with Crippen molar-refractivity contribution in [2.24, 2.45) is 5.92 Å². The Hall–Kier alpha value is -2.47. The van der Waals surface area contributed by atoms with Gasteiger partial charge in [-0.3, -0.25) is 14.5 Å². The molecule has 1 aliphatic heterocycles. The van der Waals surface area contributed by atoms with Crippen molar-refractivity contribution in [1.29, 1.82) is 0 Å². The lowest BCUT2D eigenvalue weighted by Crippen LogP contribution is -2.28. The summed E-state index contributed by atoms with van der Waals surface area (Å²) in [5.74, 6) is 1.42. The fourth-order valence-corrected chi connectivity index (χ4v) is 5.23. The summed E-state index contributed by atoms with van der Waals surface area (Å²) in [7, 11) is 0. The first-order valence-corrected chi connectivity index (χ1v) is 11.3. The van der Waals surface area contributed by atoms with E-state index in [1.54, 1.807) is 11.8 Å². The molecule has 2 aromatic carbocycles. The molecule has 1 saturated carbocycles. The van der Waals surface area contributed by atoms with Crippen LogP contribution < -0.4 is 15.0 Å². The normalized spacial score (nSPS) is 19.6. The highest BCUT2D eigenvalue weighted by atomic mass is 32.2. The Labute approximate surface area is 175 Å². The minimum absolute atomic E-state index is 0.0625. The van der Waals surface area contributed by atoms with Crippen molar-refractivity contribution >= 4 is 35.0 Å². The van der Waals surface area contributed by atoms with Gasteiger partial charge >= 0.3 is 0 Å². The lowest BCUT2D eigenvalue weighted by Gasteiger charge is -2.26. The molecular weight excluding hydrogens is 384 g/mol. The average Bonchev–Trinajstić information content (AvgIpc) is 3.39. The maximum Gasteiger partial charge on any atom is 0.238 e. The third kappa shape index (κ3) is 4.27. The molecule has 1 aliphatic carbocycles. The number of anilines is 2. The van der Waals surface area contributed by atoms with Crippen LogP contribution in [0.4, 0.5) is 11.4 Å². The van der Waals surface area contributed by atoms with Crippen LogP contribution in [0.15, 0.2) is 48.5 Å². The lowest BCUT2D eigenvalue weighted by molar-refractivity contribution is -0.119. The van der Waals surface area contributed by atoms with Crippen LogP contribution in [0.2, 0.25) is 0 Å². The molecule has 0 aromatic heterocycles. The Kier molecular flexibility index (Phi) is 6.09. The molecule has 0 bridgehead atoms. The average molecular weight is 411 g/mol. The molecule has 4 rings (SSSR count).